The van der Waals surface area contributed by atoms with Gasteiger partial charge >= 0.3 is 5.69 Å². The molecule has 2 unspecified atom stereocenters. The highest BCUT2D eigenvalue weighted by Gasteiger charge is 2.22. The summed E-state index contributed by atoms with van der Waals surface area (Å²) in [4.78, 5) is 10.5. The van der Waals surface area contributed by atoms with Gasteiger partial charge in [-0.05, 0) is 27.7 Å². The first-order valence-electron chi connectivity index (χ1n) is 7.05. The summed E-state index contributed by atoms with van der Waals surface area (Å²) in [7, 11) is 0. The number of aryl methyl sites for hydroxylation is 1. The van der Waals surface area contributed by atoms with Crippen LogP contribution in [0.2, 0.25) is 0 Å². The molecule has 1 rings (SSSR count). The third kappa shape index (κ3) is 5.07. The predicted molar refractivity (Wildman–Crippen MR) is 78.3 cm³/mol. The molecule has 0 radical (unpaired) electrons. The molecule has 21 heavy (non-hydrogen) atoms. The van der Waals surface area contributed by atoms with Crippen molar-refractivity contribution in [3.05, 3.63) is 21.5 Å². The average molecular weight is 300 g/mol. The highest BCUT2D eigenvalue weighted by atomic mass is 16.6. The Morgan fingerprint density at radius 2 is 2.14 bits per heavy atom. The Morgan fingerprint density at radius 3 is 2.67 bits per heavy atom. The van der Waals surface area contributed by atoms with Crippen LogP contribution in [0.1, 0.15) is 25.2 Å². The van der Waals surface area contributed by atoms with Crippen molar-refractivity contribution in [1.29, 1.82) is 0 Å². The van der Waals surface area contributed by atoms with E-state index in [9.17, 15) is 15.2 Å². The molecule has 0 saturated carbocycles. The van der Waals surface area contributed by atoms with Gasteiger partial charge in [-0.25, -0.2) is 0 Å². The molecule has 0 spiro atoms. The molecule has 2 N–H and O–H groups in total. The maximum Gasteiger partial charge on any atom is 0.312 e. The van der Waals surface area contributed by atoms with Gasteiger partial charge in [-0.2, -0.15) is 5.10 Å². The maximum atomic E-state index is 10.9. The maximum absolute atomic E-state index is 10.9. The lowest BCUT2D eigenvalue weighted by molar-refractivity contribution is -0.386. The zero-order valence-corrected chi connectivity index (χ0v) is 13.0. The van der Waals surface area contributed by atoms with E-state index in [-0.39, 0.29) is 18.3 Å². The van der Waals surface area contributed by atoms with Gasteiger partial charge in [0.2, 0.25) is 0 Å². The Balaban J connectivity index is 2.50. The first-order valence-corrected chi connectivity index (χ1v) is 7.05. The lowest BCUT2D eigenvalue weighted by Crippen LogP contribution is -2.35. The summed E-state index contributed by atoms with van der Waals surface area (Å²) >= 11 is 0. The second kappa shape index (κ2) is 8.06. The fraction of sp³-hybridized carbons (Fsp3) is 0.769. The van der Waals surface area contributed by atoms with Crippen LogP contribution in [0.4, 0.5) is 5.69 Å². The fourth-order valence-electron chi connectivity index (χ4n) is 2.19. The molecule has 0 bridgehead atoms. The Kier molecular flexibility index (Phi) is 6.73. The topological polar surface area (TPSA) is 102 Å². The number of hydrogen-bond acceptors (Lipinski definition) is 6. The molecular weight excluding hydrogens is 276 g/mol. The summed E-state index contributed by atoms with van der Waals surface area (Å²) in [5.41, 5.74) is 0.835. The van der Waals surface area contributed by atoms with Crippen LogP contribution in [0.15, 0.2) is 0 Å². The summed E-state index contributed by atoms with van der Waals surface area (Å²) < 4.78 is 6.85. The van der Waals surface area contributed by atoms with Gasteiger partial charge < -0.3 is 15.2 Å². The third-order valence-electron chi connectivity index (χ3n) is 3.17. The molecule has 2 atom stereocenters. The largest absolute Gasteiger partial charge is 0.390 e. The summed E-state index contributed by atoms with van der Waals surface area (Å²) in [5, 5.41) is 28.1. The van der Waals surface area contributed by atoms with Crippen LogP contribution < -0.4 is 5.32 Å². The number of nitro groups is 1. The number of rotatable bonds is 9. The van der Waals surface area contributed by atoms with Crippen molar-refractivity contribution in [2.45, 2.75) is 46.4 Å². The van der Waals surface area contributed by atoms with Crippen molar-refractivity contribution < 1.29 is 14.8 Å². The van der Waals surface area contributed by atoms with Crippen LogP contribution in [0.3, 0.4) is 0 Å². The zero-order valence-electron chi connectivity index (χ0n) is 13.0. The van der Waals surface area contributed by atoms with E-state index in [1.54, 1.807) is 13.8 Å². The quantitative estimate of drug-likeness (QED) is 0.516. The van der Waals surface area contributed by atoms with Crippen molar-refractivity contribution in [3.8, 4) is 0 Å². The van der Waals surface area contributed by atoms with Gasteiger partial charge in [-0.1, -0.05) is 0 Å². The molecular formula is C13H24N4O4. The second-order valence-electron chi connectivity index (χ2n) is 5.04. The molecule has 8 heteroatoms. The second-order valence-corrected chi connectivity index (χ2v) is 5.04. The van der Waals surface area contributed by atoms with Gasteiger partial charge in [0.25, 0.3) is 0 Å². The number of aliphatic hydroxyl groups excluding tert-OH is 1. The van der Waals surface area contributed by atoms with Crippen molar-refractivity contribution in [2.75, 3.05) is 19.7 Å². The average Bonchev–Trinajstić information content (AvgIpc) is 2.64. The van der Waals surface area contributed by atoms with E-state index in [0.29, 0.717) is 31.1 Å². The van der Waals surface area contributed by atoms with Crippen LogP contribution in [-0.2, 0) is 11.3 Å². The molecule has 0 aromatic carbocycles. The highest BCUT2D eigenvalue weighted by Crippen LogP contribution is 2.21. The van der Waals surface area contributed by atoms with Crippen LogP contribution in [-0.4, -0.2) is 51.7 Å². The molecule has 0 fully saturated rings. The fourth-order valence-corrected chi connectivity index (χ4v) is 2.19. The molecule has 1 heterocycles. The third-order valence-corrected chi connectivity index (χ3v) is 3.17. The van der Waals surface area contributed by atoms with Crippen molar-refractivity contribution >= 4 is 5.69 Å². The van der Waals surface area contributed by atoms with E-state index in [0.717, 1.165) is 0 Å². The number of ether oxygens (including phenoxy) is 1. The Bertz CT molecular complexity index is 475. The molecule has 0 aliphatic carbocycles. The summed E-state index contributed by atoms with van der Waals surface area (Å²) in [5.74, 6) is 0. The Labute approximate surface area is 124 Å². The van der Waals surface area contributed by atoms with E-state index < -0.39 is 11.0 Å². The number of hydrogen-bond donors (Lipinski definition) is 2. The molecule has 0 aliphatic heterocycles. The molecule has 0 saturated heterocycles. The summed E-state index contributed by atoms with van der Waals surface area (Å²) in [6.07, 6.45) is -0.589. The van der Waals surface area contributed by atoms with Crippen LogP contribution in [0.5, 0.6) is 0 Å². The molecule has 0 aliphatic rings. The summed E-state index contributed by atoms with van der Waals surface area (Å²) in [6, 6.07) is 0. The van der Waals surface area contributed by atoms with Gasteiger partial charge in [0.1, 0.15) is 11.4 Å². The van der Waals surface area contributed by atoms with Crippen molar-refractivity contribution in [2.24, 2.45) is 0 Å². The van der Waals surface area contributed by atoms with Crippen LogP contribution in [0.25, 0.3) is 0 Å². The van der Waals surface area contributed by atoms with Gasteiger partial charge in [0.05, 0.1) is 23.7 Å². The number of nitrogens with zero attached hydrogens (tertiary/aromatic N) is 3. The Hall–Kier alpha value is -1.51. The standard InChI is InChI=1S/C13H24N4O4/c1-5-21-9(2)6-14-7-12(18)8-16-11(4)13(17(19)20)10(3)15-16/h9,12,14,18H,5-8H2,1-4H3. The van der Waals surface area contributed by atoms with Gasteiger partial charge in [0, 0.05) is 19.7 Å². The minimum Gasteiger partial charge on any atom is -0.390 e. The lowest BCUT2D eigenvalue weighted by atomic mass is 10.3. The van der Waals surface area contributed by atoms with Crippen molar-refractivity contribution in [3.63, 3.8) is 0 Å². The van der Waals surface area contributed by atoms with Gasteiger partial charge in [-0.3, -0.25) is 14.8 Å². The van der Waals surface area contributed by atoms with Gasteiger partial charge in [0.15, 0.2) is 0 Å². The zero-order chi connectivity index (χ0) is 16.0. The molecule has 0 amide bonds. The molecule has 120 valence electrons. The van der Waals surface area contributed by atoms with E-state index in [1.165, 1.54) is 4.68 Å². The minimum atomic E-state index is -0.670. The lowest BCUT2D eigenvalue weighted by Gasteiger charge is -2.16. The van der Waals surface area contributed by atoms with E-state index in [1.807, 2.05) is 13.8 Å². The molecule has 8 nitrogen and oxygen atoms in total. The monoisotopic (exact) mass is 300 g/mol. The van der Waals surface area contributed by atoms with E-state index in [4.69, 9.17) is 4.74 Å². The number of nitrogens with one attached hydrogen (secondary N) is 1. The molecule has 1 aromatic heterocycles. The normalized spacial score (nSPS) is 14.1. The van der Waals surface area contributed by atoms with E-state index in [2.05, 4.69) is 10.4 Å². The Morgan fingerprint density at radius 1 is 1.48 bits per heavy atom. The van der Waals surface area contributed by atoms with Crippen LogP contribution >= 0.6 is 0 Å². The van der Waals surface area contributed by atoms with Crippen LogP contribution in [0, 0.1) is 24.0 Å². The summed E-state index contributed by atoms with van der Waals surface area (Å²) in [6.45, 7) is 9.00. The van der Waals surface area contributed by atoms with Gasteiger partial charge in [-0.15, -0.1) is 0 Å². The molecule has 1 aromatic rings. The first-order chi connectivity index (χ1) is 9.86. The van der Waals surface area contributed by atoms with E-state index >= 15 is 0 Å². The smallest absolute Gasteiger partial charge is 0.312 e. The minimum absolute atomic E-state index is 0.0140. The predicted octanol–water partition coefficient (Wildman–Crippen LogP) is 0.784. The number of aliphatic hydroxyl groups is 1. The SMILES string of the molecule is CCOC(C)CNCC(O)Cn1nc(C)c([N+](=O)[O-])c1C. The number of aromatic nitrogens is 2. The van der Waals surface area contributed by atoms with Crippen molar-refractivity contribution in [1.82, 2.24) is 15.1 Å². The highest BCUT2D eigenvalue weighted by molar-refractivity contribution is 5.39. The first kappa shape index (κ1) is 17.5.